The number of hydrogen-bond acceptors (Lipinski definition) is 8. The van der Waals surface area contributed by atoms with Gasteiger partial charge in [-0.3, -0.25) is 0 Å². The van der Waals surface area contributed by atoms with Crippen LogP contribution in [0.15, 0.2) is 48.5 Å². The van der Waals surface area contributed by atoms with Crippen molar-refractivity contribution in [3.8, 4) is 0 Å². The second-order valence-electron chi connectivity index (χ2n) is 14.8. The summed E-state index contributed by atoms with van der Waals surface area (Å²) in [6.45, 7) is 19.9. The summed E-state index contributed by atoms with van der Waals surface area (Å²) in [7, 11) is 0. The zero-order chi connectivity index (χ0) is 36.6. The predicted octanol–water partition coefficient (Wildman–Crippen LogP) is 9.77. The van der Waals surface area contributed by atoms with Crippen molar-refractivity contribution < 1.29 is 38.1 Å². The Kier molecular flexibility index (Phi) is 10.7. The van der Waals surface area contributed by atoms with Crippen molar-refractivity contribution >= 4 is 67.0 Å². The van der Waals surface area contributed by atoms with E-state index in [0.29, 0.717) is 21.5 Å². The Balaban J connectivity index is 1.88. The van der Waals surface area contributed by atoms with Crippen LogP contribution in [0.4, 0.5) is 0 Å². The Morgan fingerprint density at radius 1 is 0.420 bits per heavy atom. The minimum absolute atomic E-state index is 0.0877. The van der Waals surface area contributed by atoms with Crippen molar-refractivity contribution in [3.63, 3.8) is 0 Å². The van der Waals surface area contributed by atoms with E-state index in [-0.39, 0.29) is 71.3 Å². The molecule has 0 bridgehead atoms. The van der Waals surface area contributed by atoms with Crippen molar-refractivity contribution in [1.82, 2.24) is 0 Å². The first-order chi connectivity index (χ1) is 23.6. The van der Waals surface area contributed by atoms with Gasteiger partial charge in [0.1, 0.15) is 12.2 Å². The Labute approximate surface area is 293 Å². The standard InChI is InChI=1S/C42H48O8/c1-21(2)19-47-39(43)31-15-11-27-30-14-18-34(42(46)50-26(10)24(7)8)38-32(40(44)48-20-22(3)4)16-12-28(36(30)38)29-13-17-33(37(31)35(27)29)41(45)49-25(9)23(5)6/h11-18,21-26H,19-20H2,1-10H3. The van der Waals surface area contributed by atoms with Gasteiger partial charge in [0.15, 0.2) is 0 Å². The van der Waals surface area contributed by atoms with Crippen molar-refractivity contribution in [2.24, 2.45) is 23.7 Å². The molecular weight excluding hydrogens is 632 g/mol. The lowest BCUT2D eigenvalue weighted by Crippen LogP contribution is -2.21. The van der Waals surface area contributed by atoms with Gasteiger partial charge in [0.2, 0.25) is 0 Å². The molecule has 2 atom stereocenters. The van der Waals surface area contributed by atoms with Crippen LogP contribution in [0, 0.1) is 23.7 Å². The van der Waals surface area contributed by atoms with Crippen LogP contribution in [0.3, 0.4) is 0 Å². The summed E-state index contributed by atoms with van der Waals surface area (Å²) >= 11 is 0. The maximum atomic E-state index is 13.8. The molecular formula is C42H48O8. The highest BCUT2D eigenvalue weighted by Crippen LogP contribution is 2.44. The lowest BCUT2D eigenvalue weighted by atomic mass is 9.84. The van der Waals surface area contributed by atoms with Gasteiger partial charge in [0, 0.05) is 10.8 Å². The molecule has 0 radical (unpaired) electrons. The topological polar surface area (TPSA) is 105 Å². The van der Waals surface area contributed by atoms with Gasteiger partial charge < -0.3 is 18.9 Å². The largest absolute Gasteiger partial charge is 0.462 e. The van der Waals surface area contributed by atoms with Crippen LogP contribution in [0.2, 0.25) is 0 Å². The molecule has 8 heteroatoms. The first-order valence-electron chi connectivity index (χ1n) is 17.6. The second-order valence-corrected chi connectivity index (χ2v) is 14.8. The van der Waals surface area contributed by atoms with E-state index in [1.54, 1.807) is 24.3 Å². The number of hydrogen-bond donors (Lipinski definition) is 0. The molecule has 0 aliphatic carbocycles. The van der Waals surface area contributed by atoms with Gasteiger partial charge in [-0.15, -0.1) is 0 Å². The zero-order valence-electron chi connectivity index (χ0n) is 30.8. The van der Waals surface area contributed by atoms with E-state index < -0.39 is 23.9 Å². The van der Waals surface area contributed by atoms with Crippen LogP contribution >= 0.6 is 0 Å². The summed E-state index contributed by atoms with van der Waals surface area (Å²) < 4.78 is 23.1. The van der Waals surface area contributed by atoms with Gasteiger partial charge in [-0.25, -0.2) is 19.2 Å². The molecule has 0 aliphatic heterocycles. The number of ether oxygens (including phenoxy) is 4. The van der Waals surface area contributed by atoms with Gasteiger partial charge >= 0.3 is 23.9 Å². The maximum absolute atomic E-state index is 13.8. The van der Waals surface area contributed by atoms with E-state index in [9.17, 15) is 19.2 Å². The molecule has 50 heavy (non-hydrogen) atoms. The molecule has 0 fully saturated rings. The van der Waals surface area contributed by atoms with Crippen molar-refractivity contribution in [1.29, 1.82) is 0 Å². The highest BCUT2D eigenvalue weighted by atomic mass is 16.6. The van der Waals surface area contributed by atoms with Crippen molar-refractivity contribution in [3.05, 3.63) is 70.8 Å². The van der Waals surface area contributed by atoms with Gasteiger partial charge in [-0.2, -0.15) is 0 Å². The lowest BCUT2D eigenvalue weighted by molar-refractivity contribution is 0.0231. The molecule has 264 valence electrons. The average molecular weight is 681 g/mol. The molecule has 0 saturated carbocycles. The SMILES string of the molecule is CC(C)COC(=O)c1ccc2c3ccc(C(=O)OC(C)C(C)C)c4c(C(=O)OCC(C)C)ccc(c5ccc(C(=O)OC(C)C(C)C)c1c25)c43. The summed E-state index contributed by atoms with van der Waals surface area (Å²) in [4.78, 5) is 54.9. The Bertz CT molecular complexity index is 1920. The average Bonchev–Trinajstić information content (AvgIpc) is 3.07. The van der Waals surface area contributed by atoms with E-state index in [1.165, 1.54) is 0 Å². The number of carbonyl (C=O) groups is 4. The van der Waals surface area contributed by atoms with E-state index >= 15 is 0 Å². The fourth-order valence-electron chi connectivity index (χ4n) is 5.95. The molecule has 5 rings (SSSR count). The quantitative estimate of drug-likeness (QED) is 0.0555. The summed E-state index contributed by atoms with van der Waals surface area (Å²) in [5.74, 6) is -1.74. The summed E-state index contributed by atoms with van der Waals surface area (Å²) in [6.07, 6.45) is -0.714. The Morgan fingerprint density at radius 3 is 0.960 bits per heavy atom. The predicted molar refractivity (Wildman–Crippen MR) is 197 cm³/mol. The zero-order valence-corrected chi connectivity index (χ0v) is 30.8. The molecule has 0 heterocycles. The molecule has 0 N–H and O–H groups in total. The third kappa shape index (κ3) is 6.98. The van der Waals surface area contributed by atoms with Crippen LogP contribution in [-0.2, 0) is 18.9 Å². The minimum atomic E-state index is -0.538. The van der Waals surface area contributed by atoms with Crippen LogP contribution in [-0.4, -0.2) is 49.3 Å². The van der Waals surface area contributed by atoms with Crippen LogP contribution in [0.5, 0.6) is 0 Å². The minimum Gasteiger partial charge on any atom is -0.462 e. The third-order valence-electron chi connectivity index (χ3n) is 9.34. The van der Waals surface area contributed by atoms with Gasteiger partial charge in [0.05, 0.1) is 35.5 Å². The molecule has 0 aliphatic rings. The summed E-state index contributed by atoms with van der Waals surface area (Å²) in [6, 6.07) is 14.1. The fraction of sp³-hybridized carbons (Fsp3) is 0.429. The molecule has 0 aromatic heterocycles. The van der Waals surface area contributed by atoms with Crippen molar-refractivity contribution in [2.45, 2.75) is 81.4 Å². The van der Waals surface area contributed by atoms with Crippen molar-refractivity contribution in [2.75, 3.05) is 13.2 Å². The molecule has 0 amide bonds. The first kappa shape index (κ1) is 36.6. The lowest BCUT2D eigenvalue weighted by Gasteiger charge is -2.22. The first-order valence-corrected chi connectivity index (χ1v) is 17.6. The van der Waals surface area contributed by atoms with E-state index in [0.717, 1.165) is 21.5 Å². The number of benzene rings is 5. The Morgan fingerprint density at radius 2 is 0.700 bits per heavy atom. The monoisotopic (exact) mass is 680 g/mol. The smallest absolute Gasteiger partial charge is 0.339 e. The molecule has 5 aromatic rings. The third-order valence-corrected chi connectivity index (χ3v) is 9.34. The van der Waals surface area contributed by atoms with Crippen LogP contribution in [0.25, 0.3) is 43.1 Å². The number of fused-ring (bicyclic) bond motifs is 2. The Hall–Kier alpha value is -4.72. The number of rotatable bonds is 12. The molecule has 5 aromatic carbocycles. The summed E-state index contributed by atoms with van der Waals surface area (Å²) in [5, 5.41) is 5.19. The van der Waals surface area contributed by atoms with Gasteiger partial charge in [0.25, 0.3) is 0 Å². The number of carbonyl (C=O) groups excluding carboxylic acids is 4. The molecule has 8 nitrogen and oxygen atoms in total. The van der Waals surface area contributed by atoms with Crippen LogP contribution < -0.4 is 0 Å². The molecule has 0 spiro atoms. The molecule has 2 unspecified atom stereocenters. The van der Waals surface area contributed by atoms with Crippen LogP contribution in [0.1, 0.15) is 111 Å². The number of esters is 4. The van der Waals surface area contributed by atoms with E-state index in [4.69, 9.17) is 18.9 Å². The fourth-order valence-corrected chi connectivity index (χ4v) is 5.95. The van der Waals surface area contributed by atoms with E-state index in [2.05, 4.69) is 0 Å². The second kappa shape index (κ2) is 14.6. The summed E-state index contributed by atoms with van der Waals surface area (Å²) in [5.41, 5.74) is 1.02. The normalized spacial score (nSPS) is 13.2. The highest BCUT2D eigenvalue weighted by molar-refractivity contribution is 6.38. The highest BCUT2D eigenvalue weighted by Gasteiger charge is 2.29. The molecule has 0 saturated heterocycles. The van der Waals surface area contributed by atoms with E-state index in [1.807, 2.05) is 93.5 Å². The van der Waals surface area contributed by atoms with Gasteiger partial charge in [-0.1, -0.05) is 79.7 Å². The van der Waals surface area contributed by atoms with Gasteiger partial charge in [-0.05, 0) is 94.1 Å². The maximum Gasteiger partial charge on any atom is 0.339 e.